The predicted octanol–water partition coefficient (Wildman–Crippen LogP) is 17.5. The molecule has 0 unspecified atom stereocenters. The Morgan fingerprint density at radius 1 is 0.317 bits per heavy atom. The fraction of sp³-hybridized carbons (Fsp3) is 0. The van der Waals surface area contributed by atoms with E-state index >= 15 is 0 Å². The second-order valence-corrected chi connectivity index (χ2v) is 17.9. The molecule has 0 bridgehead atoms. The molecule has 0 N–H and O–H groups in total. The van der Waals surface area contributed by atoms with Crippen molar-refractivity contribution in [3.8, 4) is 5.69 Å². The van der Waals surface area contributed by atoms with E-state index in [1.54, 1.807) is 0 Å². The van der Waals surface area contributed by atoms with Gasteiger partial charge in [-0.05, 0) is 120 Å². The van der Waals surface area contributed by atoms with Crippen molar-refractivity contribution in [3.05, 3.63) is 218 Å². The van der Waals surface area contributed by atoms with Crippen LogP contribution in [0.15, 0.2) is 218 Å². The summed E-state index contributed by atoms with van der Waals surface area (Å²) in [6, 6.07) is 81.3. The Kier molecular flexibility index (Phi) is 7.30. The first kappa shape index (κ1) is 34.7. The summed E-state index contributed by atoms with van der Waals surface area (Å²) in [5, 5.41) is 20.1. The molecule has 292 valence electrons. The first-order valence-electron chi connectivity index (χ1n) is 21.7. The molecule has 0 radical (unpaired) electrons. The minimum absolute atomic E-state index is 1.12. The van der Waals surface area contributed by atoms with Gasteiger partial charge in [-0.1, -0.05) is 158 Å². The molecular formula is C60H36N2S. The monoisotopic (exact) mass is 816 g/mol. The van der Waals surface area contributed by atoms with E-state index in [0.717, 1.165) is 11.4 Å². The van der Waals surface area contributed by atoms with Crippen LogP contribution in [0.2, 0.25) is 0 Å². The van der Waals surface area contributed by atoms with E-state index in [2.05, 4.69) is 228 Å². The molecular weight excluding hydrogens is 781 g/mol. The molecule has 0 fully saturated rings. The third-order valence-corrected chi connectivity index (χ3v) is 14.7. The largest absolute Gasteiger partial charge is 0.310 e. The lowest BCUT2D eigenvalue weighted by Gasteiger charge is -2.27. The van der Waals surface area contributed by atoms with Crippen molar-refractivity contribution in [2.75, 3.05) is 4.90 Å². The molecule has 0 saturated carbocycles. The average molecular weight is 817 g/mol. The van der Waals surface area contributed by atoms with E-state index in [1.165, 1.54) is 118 Å². The topological polar surface area (TPSA) is 8.17 Å². The van der Waals surface area contributed by atoms with Crippen molar-refractivity contribution < 1.29 is 0 Å². The third kappa shape index (κ3) is 5.12. The van der Waals surface area contributed by atoms with Gasteiger partial charge in [-0.3, -0.25) is 0 Å². The van der Waals surface area contributed by atoms with E-state index in [-0.39, 0.29) is 0 Å². The lowest BCUT2D eigenvalue weighted by atomic mass is 10.00. The van der Waals surface area contributed by atoms with Gasteiger partial charge in [-0.15, -0.1) is 11.3 Å². The highest BCUT2D eigenvalue weighted by molar-refractivity contribution is 7.26. The lowest BCUT2D eigenvalue weighted by molar-refractivity contribution is 1.20. The van der Waals surface area contributed by atoms with Gasteiger partial charge in [0.2, 0.25) is 0 Å². The van der Waals surface area contributed by atoms with Crippen LogP contribution in [0, 0.1) is 0 Å². The first-order valence-corrected chi connectivity index (χ1v) is 22.5. The highest BCUT2D eigenvalue weighted by atomic mass is 32.1. The van der Waals surface area contributed by atoms with Crippen molar-refractivity contribution in [1.82, 2.24) is 4.57 Å². The van der Waals surface area contributed by atoms with E-state index in [9.17, 15) is 0 Å². The average Bonchev–Trinajstić information content (AvgIpc) is 3.89. The zero-order chi connectivity index (χ0) is 41.2. The van der Waals surface area contributed by atoms with Gasteiger partial charge in [0.05, 0.1) is 22.4 Å². The summed E-state index contributed by atoms with van der Waals surface area (Å²) in [5.74, 6) is 0. The second kappa shape index (κ2) is 13.3. The Bertz CT molecular complexity index is 4230. The Morgan fingerprint density at radius 3 is 1.70 bits per heavy atom. The number of nitrogens with zero attached hydrogens (tertiary/aromatic N) is 2. The Hall–Kier alpha value is -7.98. The number of fused-ring (bicyclic) bond motifs is 15. The first-order chi connectivity index (χ1) is 31.2. The van der Waals surface area contributed by atoms with Crippen LogP contribution in [0.4, 0.5) is 17.1 Å². The van der Waals surface area contributed by atoms with Gasteiger partial charge >= 0.3 is 0 Å². The summed E-state index contributed by atoms with van der Waals surface area (Å²) in [7, 11) is 0. The molecule has 14 rings (SSSR count). The zero-order valence-electron chi connectivity index (χ0n) is 34.1. The maximum absolute atomic E-state index is 2.51. The van der Waals surface area contributed by atoms with E-state index in [4.69, 9.17) is 0 Å². The molecule has 0 aliphatic rings. The Morgan fingerprint density at radius 2 is 0.873 bits per heavy atom. The molecule has 3 heteroatoms. The number of hydrogen-bond acceptors (Lipinski definition) is 2. The van der Waals surface area contributed by atoms with Crippen LogP contribution in [0.3, 0.4) is 0 Å². The summed E-state index contributed by atoms with van der Waals surface area (Å²) in [4.78, 5) is 2.51. The standard InChI is InChI=1S/C60H36N2S/c1-2-15-40-34-57-52(33-39(40)14-1)53-36-44(28-31-54(53)62(57)56-35-41-16-5-7-18-46(41)49-20-9-10-21-50(49)56)61(43-27-30-47-42(32-43)25-24-37-12-3-6-17-45(37)47)55-22-11-23-58-59(55)51-29-26-38-13-4-8-19-48(38)60(51)63-58/h1-36H. The molecule has 14 aromatic rings. The van der Waals surface area contributed by atoms with Crippen LogP contribution in [-0.4, -0.2) is 4.57 Å². The molecule has 0 aliphatic heterocycles. The maximum atomic E-state index is 2.51. The molecule has 2 heterocycles. The van der Waals surface area contributed by atoms with Gasteiger partial charge in [0.1, 0.15) is 0 Å². The number of aromatic nitrogens is 1. The summed E-state index contributed by atoms with van der Waals surface area (Å²) in [6.45, 7) is 0. The Balaban J connectivity index is 1.08. The van der Waals surface area contributed by atoms with Crippen LogP contribution in [-0.2, 0) is 0 Å². The predicted molar refractivity (Wildman–Crippen MR) is 273 cm³/mol. The fourth-order valence-electron chi connectivity index (χ4n) is 10.6. The summed E-state index contributed by atoms with van der Waals surface area (Å²) < 4.78 is 5.12. The minimum Gasteiger partial charge on any atom is -0.310 e. The van der Waals surface area contributed by atoms with Gasteiger partial charge in [0.25, 0.3) is 0 Å². The lowest BCUT2D eigenvalue weighted by Crippen LogP contribution is -2.10. The summed E-state index contributed by atoms with van der Waals surface area (Å²) in [6.07, 6.45) is 0. The number of hydrogen-bond donors (Lipinski definition) is 0. The highest BCUT2D eigenvalue weighted by Gasteiger charge is 2.23. The normalized spacial score (nSPS) is 12.1. The van der Waals surface area contributed by atoms with Crippen LogP contribution >= 0.6 is 11.3 Å². The number of anilines is 3. The maximum Gasteiger partial charge on any atom is 0.0554 e. The van der Waals surface area contributed by atoms with Crippen molar-refractivity contribution in [3.63, 3.8) is 0 Å². The highest BCUT2D eigenvalue weighted by Crippen LogP contribution is 2.49. The van der Waals surface area contributed by atoms with Gasteiger partial charge in [-0.2, -0.15) is 0 Å². The van der Waals surface area contributed by atoms with Gasteiger partial charge < -0.3 is 9.47 Å². The quantitative estimate of drug-likeness (QED) is 0.161. The van der Waals surface area contributed by atoms with Crippen molar-refractivity contribution >= 4 is 135 Å². The summed E-state index contributed by atoms with van der Waals surface area (Å²) >= 11 is 1.90. The van der Waals surface area contributed by atoms with Crippen molar-refractivity contribution in [1.29, 1.82) is 0 Å². The molecule has 12 aromatic carbocycles. The van der Waals surface area contributed by atoms with Crippen LogP contribution in [0.25, 0.3) is 112 Å². The van der Waals surface area contributed by atoms with Crippen LogP contribution in [0.5, 0.6) is 0 Å². The molecule has 63 heavy (non-hydrogen) atoms. The SMILES string of the molecule is c1ccc2cc3c(cc2c1)c1cc(N(c2ccc4c(ccc5ccccc54)c2)c2cccc4sc5c6ccccc6ccc5c24)ccc1n3-c1cc2ccccc2c2ccccc12. The molecule has 0 aliphatic carbocycles. The van der Waals surface area contributed by atoms with Gasteiger partial charge in [0, 0.05) is 47.7 Å². The molecule has 0 saturated heterocycles. The van der Waals surface area contributed by atoms with Gasteiger partial charge in [0.15, 0.2) is 0 Å². The fourth-order valence-corrected chi connectivity index (χ4v) is 11.9. The Labute approximate surface area is 366 Å². The van der Waals surface area contributed by atoms with Crippen molar-refractivity contribution in [2.45, 2.75) is 0 Å². The molecule has 0 atom stereocenters. The second-order valence-electron chi connectivity index (χ2n) is 16.9. The molecule has 0 spiro atoms. The van der Waals surface area contributed by atoms with E-state index in [1.807, 2.05) is 11.3 Å². The van der Waals surface area contributed by atoms with Gasteiger partial charge in [-0.25, -0.2) is 0 Å². The van der Waals surface area contributed by atoms with E-state index < -0.39 is 0 Å². The van der Waals surface area contributed by atoms with Crippen molar-refractivity contribution in [2.24, 2.45) is 0 Å². The number of thiophene rings is 1. The van der Waals surface area contributed by atoms with Crippen LogP contribution in [0.1, 0.15) is 0 Å². The molecule has 0 amide bonds. The number of rotatable bonds is 4. The van der Waals surface area contributed by atoms with E-state index in [0.29, 0.717) is 0 Å². The smallest absolute Gasteiger partial charge is 0.0554 e. The molecule has 2 aromatic heterocycles. The third-order valence-electron chi connectivity index (χ3n) is 13.5. The summed E-state index contributed by atoms with van der Waals surface area (Å²) in [5.41, 5.74) is 6.98. The number of benzene rings is 12. The molecule has 2 nitrogen and oxygen atoms in total. The zero-order valence-corrected chi connectivity index (χ0v) is 34.9. The minimum atomic E-state index is 1.12. The van der Waals surface area contributed by atoms with Crippen LogP contribution < -0.4 is 4.90 Å².